The van der Waals surface area contributed by atoms with Crippen molar-refractivity contribution in [3.8, 4) is 5.75 Å². The fourth-order valence-electron chi connectivity index (χ4n) is 3.88. The minimum absolute atomic E-state index is 0.154. The summed E-state index contributed by atoms with van der Waals surface area (Å²) in [5, 5.41) is 7.01. The number of likely N-dealkylation sites (tertiary alicyclic amines) is 1. The molecule has 1 heterocycles. The minimum Gasteiger partial charge on any atom is -0.490 e. The van der Waals surface area contributed by atoms with Crippen molar-refractivity contribution in [2.24, 2.45) is 0 Å². The number of aldehydes is 1. The molecule has 0 bridgehead atoms. The number of nitrogens with one attached hydrogen (secondary N) is 2. The molecule has 2 N–H and O–H groups in total. The average Bonchev–Trinajstić information content (AvgIpc) is 2.83. The molecule has 1 aliphatic rings. The van der Waals surface area contributed by atoms with Crippen LogP contribution in [0.15, 0.2) is 48.5 Å². The van der Waals surface area contributed by atoms with E-state index >= 15 is 0 Å². The summed E-state index contributed by atoms with van der Waals surface area (Å²) in [5.41, 5.74) is 1.86. The van der Waals surface area contributed by atoms with Crippen LogP contribution in [0.5, 0.6) is 5.75 Å². The fourth-order valence-corrected chi connectivity index (χ4v) is 4.17. The summed E-state index contributed by atoms with van der Waals surface area (Å²) in [6.07, 6.45) is 4.79. The van der Waals surface area contributed by atoms with Crippen LogP contribution in [0.1, 0.15) is 24.8 Å². The van der Waals surface area contributed by atoms with Crippen LogP contribution in [0.25, 0.3) is 5.57 Å². The number of ether oxygens (including phenoxy) is 1. The third-order valence-corrected chi connectivity index (χ3v) is 6.37. The maximum Gasteiger partial charge on any atom is 0.252 e. The number of halogens is 2. The van der Waals surface area contributed by atoms with Crippen LogP contribution in [0.3, 0.4) is 0 Å². The molecule has 1 aliphatic heterocycles. The standard InChI is InChI=1S/C25H29Cl2N3O3/c1-28-24-6-3-2-5-20(24)21(11-16-31)25(32)29-12-4-13-30-14-9-18(10-15-30)33-19-7-8-22(26)23(27)17-19/h2-3,5-8,11,16-18,28H,4,9-10,12-15H2,1H3,(H,29,32)/b21-11+. The molecule has 2 aromatic rings. The van der Waals surface area contributed by atoms with E-state index in [1.807, 2.05) is 30.3 Å². The molecule has 6 nitrogen and oxygen atoms in total. The number of piperidine rings is 1. The van der Waals surface area contributed by atoms with Gasteiger partial charge in [-0.15, -0.1) is 0 Å². The Labute approximate surface area is 204 Å². The number of hydrogen-bond donors (Lipinski definition) is 2. The topological polar surface area (TPSA) is 70.7 Å². The molecule has 0 saturated carbocycles. The highest BCUT2D eigenvalue weighted by atomic mass is 35.5. The van der Waals surface area contributed by atoms with Crippen molar-refractivity contribution in [3.63, 3.8) is 0 Å². The Hall–Kier alpha value is -2.54. The van der Waals surface area contributed by atoms with Gasteiger partial charge in [-0.25, -0.2) is 0 Å². The van der Waals surface area contributed by atoms with Gasteiger partial charge in [-0.3, -0.25) is 9.59 Å². The lowest BCUT2D eigenvalue weighted by Gasteiger charge is -2.32. The first-order chi connectivity index (χ1) is 16.0. The molecule has 1 saturated heterocycles. The number of carbonyl (C=O) groups is 2. The molecule has 33 heavy (non-hydrogen) atoms. The van der Waals surface area contributed by atoms with Crippen molar-refractivity contribution >= 4 is 46.7 Å². The van der Waals surface area contributed by atoms with Gasteiger partial charge in [-0.1, -0.05) is 41.4 Å². The molecule has 1 amide bonds. The second-order valence-electron chi connectivity index (χ2n) is 7.86. The number of amides is 1. The summed E-state index contributed by atoms with van der Waals surface area (Å²) in [5.74, 6) is 0.489. The van der Waals surface area contributed by atoms with E-state index < -0.39 is 0 Å². The van der Waals surface area contributed by atoms with Crippen molar-refractivity contribution in [1.29, 1.82) is 0 Å². The van der Waals surface area contributed by atoms with E-state index in [0.717, 1.165) is 50.3 Å². The largest absolute Gasteiger partial charge is 0.490 e. The first-order valence-corrected chi connectivity index (χ1v) is 11.8. The number of rotatable bonds is 10. The third-order valence-electron chi connectivity index (χ3n) is 5.63. The van der Waals surface area contributed by atoms with Crippen LogP contribution >= 0.6 is 23.2 Å². The van der Waals surface area contributed by atoms with Crippen molar-refractivity contribution in [1.82, 2.24) is 10.2 Å². The fraction of sp³-hybridized carbons (Fsp3) is 0.360. The van der Waals surface area contributed by atoms with E-state index in [1.165, 1.54) is 6.08 Å². The third kappa shape index (κ3) is 7.22. The zero-order chi connectivity index (χ0) is 23.6. The summed E-state index contributed by atoms with van der Waals surface area (Å²) in [6, 6.07) is 12.8. The molecule has 0 unspecified atom stereocenters. The molecular weight excluding hydrogens is 461 g/mol. The molecular formula is C25H29Cl2N3O3. The summed E-state index contributed by atoms with van der Waals surface area (Å²) < 4.78 is 6.04. The van der Waals surface area contributed by atoms with E-state index in [0.29, 0.717) is 34.0 Å². The van der Waals surface area contributed by atoms with Crippen LogP contribution in [0.4, 0.5) is 5.69 Å². The highest BCUT2D eigenvalue weighted by Crippen LogP contribution is 2.28. The summed E-state index contributed by atoms with van der Waals surface area (Å²) in [4.78, 5) is 26.2. The molecule has 0 aliphatic carbocycles. The number of para-hydroxylation sites is 1. The zero-order valence-electron chi connectivity index (χ0n) is 18.7. The smallest absolute Gasteiger partial charge is 0.252 e. The highest BCUT2D eigenvalue weighted by Gasteiger charge is 2.21. The van der Waals surface area contributed by atoms with Crippen LogP contribution < -0.4 is 15.4 Å². The first-order valence-electron chi connectivity index (χ1n) is 11.1. The van der Waals surface area contributed by atoms with Gasteiger partial charge in [0.05, 0.1) is 15.6 Å². The average molecular weight is 490 g/mol. The molecule has 0 spiro atoms. The van der Waals surface area contributed by atoms with Gasteiger partial charge in [0.1, 0.15) is 18.1 Å². The molecule has 0 aromatic heterocycles. The van der Waals surface area contributed by atoms with E-state index in [4.69, 9.17) is 27.9 Å². The van der Waals surface area contributed by atoms with E-state index in [-0.39, 0.29) is 12.0 Å². The molecule has 0 atom stereocenters. The maximum atomic E-state index is 12.7. The Balaban J connectivity index is 1.41. The summed E-state index contributed by atoms with van der Waals surface area (Å²) >= 11 is 12.0. The molecule has 1 fully saturated rings. The second kappa shape index (κ2) is 12.6. The molecule has 3 rings (SSSR count). The van der Waals surface area contributed by atoms with Gasteiger partial charge >= 0.3 is 0 Å². The maximum absolute atomic E-state index is 12.7. The summed E-state index contributed by atoms with van der Waals surface area (Å²) in [7, 11) is 1.79. The number of anilines is 1. The SMILES string of the molecule is CNc1ccccc1/C(=C\C=O)C(=O)NCCCN1CCC(Oc2ccc(Cl)c(Cl)c2)CC1. The van der Waals surface area contributed by atoms with Crippen LogP contribution in [-0.4, -0.2) is 56.4 Å². The van der Waals surface area contributed by atoms with Crippen molar-refractivity contribution < 1.29 is 14.3 Å². The predicted octanol–water partition coefficient (Wildman–Crippen LogP) is 4.67. The number of nitrogens with zero attached hydrogens (tertiary/aromatic N) is 1. The van der Waals surface area contributed by atoms with Gasteiger partial charge in [0.2, 0.25) is 0 Å². The predicted molar refractivity (Wildman–Crippen MR) is 134 cm³/mol. The van der Waals surface area contributed by atoms with Crippen molar-refractivity contribution in [3.05, 3.63) is 64.1 Å². The quantitative estimate of drug-likeness (QED) is 0.288. The van der Waals surface area contributed by atoms with Crippen LogP contribution in [-0.2, 0) is 9.59 Å². The highest BCUT2D eigenvalue weighted by molar-refractivity contribution is 6.42. The summed E-state index contributed by atoms with van der Waals surface area (Å²) in [6.45, 7) is 3.30. The number of allylic oxidation sites excluding steroid dienone is 1. The van der Waals surface area contributed by atoms with Crippen LogP contribution in [0, 0.1) is 0 Å². The van der Waals surface area contributed by atoms with Crippen molar-refractivity contribution in [2.45, 2.75) is 25.4 Å². The zero-order valence-corrected chi connectivity index (χ0v) is 20.2. The Morgan fingerprint density at radius 2 is 1.91 bits per heavy atom. The molecule has 8 heteroatoms. The minimum atomic E-state index is -0.251. The van der Waals surface area contributed by atoms with Crippen molar-refractivity contribution in [2.75, 3.05) is 38.5 Å². The van der Waals surface area contributed by atoms with E-state index in [9.17, 15) is 9.59 Å². The van der Waals surface area contributed by atoms with E-state index in [2.05, 4.69) is 15.5 Å². The Kier molecular flexibility index (Phi) is 9.61. The van der Waals surface area contributed by atoms with Gasteiger partial charge < -0.3 is 20.3 Å². The van der Waals surface area contributed by atoms with E-state index in [1.54, 1.807) is 19.2 Å². The number of carbonyl (C=O) groups excluding carboxylic acids is 2. The molecule has 0 radical (unpaired) electrons. The van der Waals surface area contributed by atoms with Gasteiger partial charge in [-0.05, 0) is 50.1 Å². The Morgan fingerprint density at radius 3 is 2.61 bits per heavy atom. The number of benzene rings is 2. The van der Waals surface area contributed by atoms with Crippen LogP contribution in [0.2, 0.25) is 10.0 Å². The van der Waals surface area contributed by atoms with Gasteiger partial charge in [0, 0.05) is 44.0 Å². The normalized spacial score (nSPS) is 15.2. The lowest BCUT2D eigenvalue weighted by Crippen LogP contribution is -2.39. The molecule has 2 aromatic carbocycles. The lowest BCUT2D eigenvalue weighted by molar-refractivity contribution is -0.115. The van der Waals surface area contributed by atoms with Gasteiger partial charge in [0.15, 0.2) is 0 Å². The Morgan fingerprint density at radius 1 is 1.15 bits per heavy atom. The van der Waals surface area contributed by atoms with Gasteiger partial charge in [0.25, 0.3) is 5.91 Å². The second-order valence-corrected chi connectivity index (χ2v) is 8.67. The molecule has 176 valence electrons. The number of hydrogen-bond acceptors (Lipinski definition) is 5. The lowest BCUT2D eigenvalue weighted by atomic mass is 10.0. The first kappa shape index (κ1) is 25.1. The monoisotopic (exact) mass is 489 g/mol. The van der Waals surface area contributed by atoms with Gasteiger partial charge in [-0.2, -0.15) is 0 Å². The Bertz CT molecular complexity index is 989.